The van der Waals surface area contributed by atoms with Crippen LogP contribution in [0.15, 0.2) is 83.8 Å². The van der Waals surface area contributed by atoms with E-state index in [4.69, 9.17) is 4.42 Å². The molecule has 1 atom stereocenters. The van der Waals surface area contributed by atoms with Crippen LogP contribution < -0.4 is 0 Å². The Morgan fingerprint density at radius 3 is 2.52 bits per heavy atom. The maximum absolute atomic E-state index is 13.5. The van der Waals surface area contributed by atoms with Gasteiger partial charge in [-0.1, -0.05) is 35.1 Å². The van der Waals surface area contributed by atoms with Gasteiger partial charge in [0, 0.05) is 50.6 Å². The highest BCUT2D eigenvalue weighted by atomic mass is 19.3. The van der Waals surface area contributed by atoms with Crippen LogP contribution in [0, 0.1) is 0 Å². The summed E-state index contributed by atoms with van der Waals surface area (Å²) in [5, 5.41) is 11.4. The van der Waals surface area contributed by atoms with E-state index in [0.29, 0.717) is 53.5 Å². The molecule has 1 aliphatic heterocycles. The molecule has 222 valence electrons. The summed E-state index contributed by atoms with van der Waals surface area (Å²) in [6.45, 7) is -1.14. The van der Waals surface area contributed by atoms with Crippen LogP contribution in [0.25, 0.3) is 33.8 Å². The normalized spacial score (nSPS) is 14.9. The van der Waals surface area contributed by atoms with Crippen LogP contribution in [0.1, 0.15) is 34.5 Å². The molecule has 4 aromatic heterocycles. The second-order valence-corrected chi connectivity index (χ2v) is 10.4. The minimum atomic E-state index is -2.88. The van der Waals surface area contributed by atoms with Crippen LogP contribution in [0.5, 0.6) is 0 Å². The molecule has 14 heteroatoms. The molecular weight excluding hydrogens is 570 g/mol. The summed E-state index contributed by atoms with van der Waals surface area (Å²) in [7, 11) is 1.93. The number of aromatic nitrogens is 8. The summed E-state index contributed by atoms with van der Waals surface area (Å²) in [4.78, 5) is 30.8. The molecule has 1 aliphatic rings. The number of amides is 1. The lowest BCUT2D eigenvalue weighted by Crippen LogP contribution is -2.50. The summed E-state index contributed by atoms with van der Waals surface area (Å²) < 4.78 is 34.3. The summed E-state index contributed by atoms with van der Waals surface area (Å²) in [6.07, 6.45) is 5.10. The van der Waals surface area contributed by atoms with Crippen molar-refractivity contribution < 1.29 is 18.0 Å². The molecule has 12 nitrogen and oxygen atoms in total. The number of tetrazole rings is 1. The lowest BCUT2D eigenvalue weighted by molar-refractivity contribution is 0.0385. The lowest BCUT2D eigenvalue weighted by Gasteiger charge is -2.38. The van der Waals surface area contributed by atoms with E-state index >= 15 is 0 Å². The third-order valence-corrected chi connectivity index (χ3v) is 7.67. The first-order valence-electron chi connectivity index (χ1n) is 13.9. The number of oxazole rings is 1. The molecule has 0 N–H and O–H groups in total. The first kappa shape index (κ1) is 27.5. The number of fused-ring (bicyclic) bond motifs is 1. The smallest absolute Gasteiger partial charge is 0.350 e. The van der Waals surface area contributed by atoms with Crippen molar-refractivity contribution in [3.8, 4) is 22.7 Å². The SMILES string of the molecule is Cn1cncc1-c1ccc2oc(-c3ccnc(C(=O)N4CCN(C(c5ccccc5)c5nnn(C(F)F)n5)CC4)c3)nc2c1. The van der Waals surface area contributed by atoms with Gasteiger partial charge in [0.2, 0.25) is 5.89 Å². The van der Waals surface area contributed by atoms with Crippen molar-refractivity contribution in [3.63, 3.8) is 0 Å². The third kappa shape index (κ3) is 5.19. The number of aryl methyl sites for hydroxylation is 1. The van der Waals surface area contributed by atoms with Gasteiger partial charge in [-0.3, -0.25) is 14.7 Å². The van der Waals surface area contributed by atoms with Gasteiger partial charge < -0.3 is 13.9 Å². The number of alkyl halides is 2. The summed E-state index contributed by atoms with van der Waals surface area (Å²) in [5.74, 6) is 0.342. The van der Waals surface area contributed by atoms with Gasteiger partial charge in [-0.25, -0.2) is 9.97 Å². The summed E-state index contributed by atoms with van der Waals surface area (Å²) >= 11 is 0. The van der Waals surface area contributed by atoms with Crippen LogP contribution in [-0.2, 0) is 7.05 Å². The Bertz CT molecular complexity index is 1930. The van der Waals surface area contributed by atoms with E-state index in [9.17, 15) is 13.6 Å². The van der Waals surface area contributed by atoms with Crippen LogP contribution in [0.2, 0.25) is 0 Å². The average Bonchev–Trinajstić information content (AvgIpc) is 3.82. The van der Waals surface area contributed by atoms with Crippen molar-refractivity contribution in [2.75, 3.05) is 26.2 Å². The van der Waals surface area contributed by atoms with Crippen molar-refractivity contribution >= 4 is 17.0 Å². The fraction of sp³-hybridized carbons (Fsp3) is 0.233. The molecule has 1 fully saturated rings. The first-order valence-corrected chi connectivity index (χ1v) is 13.9. The fourth-order valence-electron chi connectivity index (χ4n) is 5.46. The molecule has 1 saturated heterocycles. The zero-order chi connectivity index (χ0) is 30.2. The number of benzene rings is 2. The highest BCUT2D eigenvalue weighted by molar-refractivity contribution is 5.93. The molecule has 6 aromatic rings. The molecule has 1 amide bonds. The predicted molar refractivity (Wildman–Crippen MR) is 154 cm³/mol. The molecular formula is C30H26F2N10O2. The summed E-state index contributed by atoms with van der Waals surface area (Å²) in [6, 6.07) is 18.1. The number of carbonyl (C=O) groups excluding carboxylic acids is 1. The highest BCUT2D eigenvalue weighted by Crippen LogP contribution is 2.30. The summed E-state index contributed by atoms with van der Waals surface area (Å²) in [5.41, 5.74) is 5.00. The largest absolute Gasteiger partial charge is 0.436 e. The lowest BCUT2D eigenvalue weighted by atomic mass is 10.0. The Kier molecular flexibility index (Phi) is 7.10. The van der Waals surface area contributed by atoms with Crippen molar-refractivity contribution in [1.29, 1.82) is 0 Å². The molecule has 0 aliphatic carbocycles. The van der Waals surface area contributed by atoms with Gasteiger partial charge in [-0.05, 0) is 41.1 Å². The number of carbonyl (C=O) groups is 1. The molecule has 1 unspecified atom stereocenters. The Balaban J connectivity index is 1.08. The minimum Gasteiger partial charge on any atom is -0.436 e. The zero-order valence-electron chi connectivity index (χ0n) is 23.5. The van der Waals surface area contributed by atoms with Crippen molar-refractivity contribution in [3.05, 3.63) is 96.5 Å². The van der Waals surface area contributed by atoms with Gasteiger partial charge in [-0.15, -0.1) is 10.2 Å². The molecule has 5 heterocycles. The molecule has 0 spiro atoms. The van der Waals surface area contributed by atoms with Gasteiger partial charge in [0.25, 0.3) is 5.91 Å². The Morgan fingerprint density at radius 1 is 0.977 bits per heavy atom. The van der Waals surface area contributed by atoms with Crippen LogP contribution >= 0.6 is 0 Å². The molecule has 44 heavy (non-hydrogen) atoms. The van der Waals surface area contributed by atoms with E-state index in [2.05, 4.69) is 35.3 Å². The van der Waals surface area contributed by atoms with Gasteiger partial charge in [0.15, 0.2) is 11.4 Å². The number of hydrogen-bond donors (Lipinski definition) is 0. The van der Waals surface area contributed by atoms with E-state index in [1.807, 2.05) is 60.1 Å². The second-order valence-electron chi connectivity index (χ2n) is 10.4. The topological polar surface area (TPSA) is 124 Å². The Hall–Kier alpha value is -5.37. The Morgan fingerprint density at radius 2 is 1.80 bits per heavy atom. The first-order chi connectivity index (χ1) is 21.4. The zero-order valence-corrected chi connectivity index (χ0v) is 23.5. The number of pyridine rings is 1. The van der Waals surface area contributed by atoms with Crippen LogP contribution in [0.3, 0.4) is 0 Å². The molecule has 7 rings (SSSR count). The maximum atomic E-state index is 13.5. The van der Waals surface area contributed by atoms with E-state index in [1.165, 1.54) is 0 Å². The third-order valence-electron chi connectivity index (χ3n) is 7.67. The van der Waals surface area contributed by atoms with Crippen molar-refractivity contribution in [2.45, 2.75) is 12.6 Å². The predicted octanol–water partition coefficient (Wildman–Crippen LogP) is 4.22. The van der Waals surface area contributed by atoms with Gasteiger partial charge >= 0.3 is 6.55 Å². The maximum Gasteiger partial charge on any atom is 0.350 e. The van der Waals surface area contributed by atoms with Crippen LogP contribution in [-0.4, -0.2) is 81.6 Å². The number of imidazole rings is 1. The minimum absolute atomic E-state index is 0.177. The number of piperazine rings is 1. The molecule has 2 aromatic carbocycles. The molecule has 0 saturated carbocycles. The van der Waals surface area contributed by atoms with Gasteiger partial charge in [0.05, 0.1) is 24.3 Å². The Labute approximate surface area is 249 Å². The molecule has 0 bridgehead atoms. The number of rotatable bonds is 7. The second kappa shape index (κ2) is 11.4. The van der Waals surface area contributed by atoms with Crippen LogP contribution in [0.4, 0.5) is 8.78 Å². The van der Waals surface area contributed by atoms with E-state index < -0.39 is 12.6 Å². The van der Waals surface area contributed by atoms with Crippen molar-refractivity contribution in [1.82, 2.24) is 49.5 Å². The van der Waals surface area contributed by atoms with Crippen molar-refractivity contribution in [2.24, 2.45) is 7.05 Å². The fourth-order valence-corrected chi connectivity index (χ4v) is 5.46. The highest BCUT2D eigenvalue weighted by Gasteiger charge is 2.32. The van der Waals surface area contributed by atoms with Gasteiger partial charge in [-0.2, -0.15) is 8.78 Å². The number of hydrogen-bond acceptors (Lipinski definition) is 9. The van der Waals surface area contributed by atoms with E-state index in [1.54, 1.807) is 35.8 Å². The quantitative estimate of drug-likeness (QED) is 0.266. The number of halogens is 2. The standard InChI is InChI=1S/C30H26F2N10O2/c1-39-18-33-17-24(39)20-7-8-25-22(15-20)35-28(44-25)21-9-10-34-23(16-21)29(43)41-13-11-40(12-14-41)26(19-5-3-2-4-6-19)27-36-38-42(37-27)30(31)32/h2-10,15-18,26,30H,11-14H2,1H3. The van der Waals surface area contributed by atoms with E-state index in [0.717, 1.165) is 16.8 Å². The van der Waals surface area contributed by atoms with Gasteiger partial charge in [0.1, 0.15) is 11.2 Å². The number of nitrogens with zero attached hydrogens (tertiary/aromatic N) is 10. The monoisotopic (exact) mass is 596 g/mol. The molecule has 0 radical (unpaired) electrons. The average molecular weight is 597 g/mol. The van der Waals surface area contributed by atoms with E-state index in [-0.39, 0.29) is 17.4 Å².